The minimum atomic E-state index is -1.97. The van der Waals surface area contributed by atoms with E-state index in [1.165, 1.54) is 6.66 Å². The van der Waals surface area contributed by atoms with Crippen molar-refractivity contribution < 1.29 is 27.3 Å². The lowest BCUT2D eigenvalue weighted by atomic mass is 10.0. The van der Waals surface area contributed by atoms with Crippen molar-refractivity contribution in [1.29, 1.82) is 0 Å². The van der Waals surface area contributed by atoms with Gasteiger partial charge in [0.1, 0.15) is 12.7 Å². The fraction of sp³-hybridized carbons (Fsp3) is 0.636. The number of H-pyrrole nitrogens is 1. The molecule has 2 aliphatic heterocycles. The predicted molar refractivity (Wildman–Crippen MR) is 68.3 cm³/mol. The second-order valence-corrected chi connectivity index (χ2v) is 6.24. The number of alkyl halides is 1. The molecule has 1 unspecified atom stereocenters. The summed E-state index contributed by atoms with van der Waals surface area (Å²) in [4.78, 5) is 24.5. The average molecular weight is 337 g/mol. The van der Waals surface area contributed by atoms with Crippen molar-refractivity contribution in [2.75, 3.05) is 19.9 Å². The Morgan fingerprint density at radius 3 is 3.00 bits per heavy atom. The molecule has 8 nitrogen and oxygen atoms in total. The Balaban J connectivity index is 1.92. The van der Waals surface area contributed by atoms with Crippen LogP contribution in [0.4, 0.5) is 8.78 Å². The number of halogens is 2. The van der Waals surface area contributed by atoms with Gasteiger partial charge in [0.15, 0.2) is 24.7 Å². The Bertz CT molecular complexity index is 736. The van der Waals surface area contributed by atoms with Crippen LogP contribution in [0.15, 0.2) is 15.8 Å². The smallest absolute Gasteiger partial charge is 0.367 e. The average Bonchev–Trinajstić information content (AvgIpc) is 2.91. The molecule has 0 spiro atoms. The number of rotatable bonds is 4. The number of aromatic nitrogens is 2. The largest absolute Gasteiger partial charge is 0.504 e. The van der Waals surface area contributed by atoms with Crippen LogP contribution >= 0.6 is 8.03 Å². The van der Waals surface area contributed by atoms with Crippen molar-refractivity contribution in [3.8, 4) is 0 Å². The summed E-state index contributed by atoms with van der Waals surface area (Å²) < 4.78 is 55.2. The number of fused-ring (bicyclic) bond motifs is 2. The van der Waals surface area contributed by atoms with Crippen LogP contribution in [0.3, 0.4) is 0 Å². The maximum absolute atomic E-state index is 14.4. The van der Waals surface area contributed by atoms with Crippen LogP contribution in [0.25, 0.3) is 0 Å². The van der Waals surface area contributed by atoms with Gasteiger partial charge in [0.05, 0.1) is 12.8 Å². The zero-order chi connectivity index (χ0) is 16.1. The van der Waals surface area contributed by atoms with Gasteiger partial charge in [0, 0.05) is 0 Å². The summed E-state index contributed by atoms with van der Waals surface area (Å²) in [5.74, 6) is -1.21. The van der Waals surface area contributed by atoms with E-state index in [2.05, 4.69) is 0 Å². The van der Waals surface area contributed by atoms with Crippen LogP contribution < -0.4 is 11.2 Å². The minimum Gasteiger partial charge on any atom is -0.367 e. The molecule has 2 saturated heterocycles. The first kappa shape index (κ1) is 15.4. The summed E-state index contributed by atoms with van der Waals surface area (Å²) >= 11 is 0. The monoisotopic (exact) mass is 337 g/mol. The highest BCUT2D eigenvalue weighted by Gasteiger charge is 2.64. The zero-order valence-corrected chi connectivity index (χ0v) is 12.2. The molecule has 2 bridgehead atoms. The van der Waals surface area contributed by atoms with Crippen LogP contribution in [-0.4, -0.2) is 47.3 Å². The molecular weight excluding hydrogens is 325 g/mol. The van der Waals surface area contributed by atoms with Crippen LogP contribution in [0.1, 0.15) is 6.23 Å². The molecule has 3 rings (SSSR count). The zero-order valence-electron chi connectivity index (χ0n) is 11.3. The fourth-order valence-electron chi connectivity index (χ4n) is 2.55. The second kappa shape index (κ2) is 5.31. The lowest BCUT2D eigenvalue weighted by Crippen LogP contribution is -2.44. The topological polar surface area (TPSA) is 99.6 Å². The Kier molecular flexibility index (Phi) is 3.72. The lowest BCUT2D eigenvalue weighted by molar-refractivity contribution is -0.183. The molecule has 0 aromatic carbocycles. The molecule has 2 fully saturated rings. The molecule has 11 heteroatoms. The molecular formula is C11H12F2N2O6P+. The molecule has 1 N–H and O–H groups in total. The predicted octanol–water partition coefficient (Wildman–Crippen LogP) is 0.0690. The first-order valence-corrected chi connectivity index (χ1v) is 7.95. The number of hydrogen-bond acceptors (Lipinski definition) is 6. The highest BCUT2D eigenvalue weighted by Crippen LogP contribution is 2.47. The Labute approximate surface area is 122 Å². The summed E-state index contributed by atoms with van der Waals surface area (Å²) in [5, 5.41) is 0. The lowest BCUT2D eigenvalue weighted by Gasteiger charge is -2.29. The third-order valence-electron chi connectivity index (χ3n) is 3.64. The van der Waals surface area contributed by atoms with E-state index < -0.39 is 49.2 Å². The highest BCUT2D eigenvalue weighted by molar-refractivity contribution is 7.38. The van der Waals surface area contributed by atoms with E-state index in [4.69, 9.17) is 14.0 Å². The van der Waals surface area contributed by atoms with Crippen LogP contribution in [-0.2, 0) is 18.6 Å². The summed E-state index contributed by atoms with van der Waals surface area (Å²) in [7, 11) is -1.97. The number of ether oxygens (including phenoxy) is 2. The van der Waals surface area contributed by atoms with Gasteiger partial charge in [-0.3, -0.25) is 14.3 Å². The third kappa shape index (κ3) is 2.32. The molecule has 5 atom stereocenters. The van der Waals surface area contributed by atoms with E-state index in [1.807, 2.05) is 0 Å². The van der Waals surface area contributed by atoms with Gasteiger partial charge < -0.3 is 9.47 Å². The first-order valence-electron chi connectivity index (χ1n) is 6.32. The van der Waals surface area contributed by atoms with Gasteiger partial charge in [-0.2, -0.15) is 4.39 Å². The minimum absolute atomic E-state index is 0.140. The molecule has 0 amide bonds. The second-order valence-electron chi connectivity index (χ2n) is 5.11. The Hall–Kier alpha value is -1.48. The summed E-state index contributed by atoms with van der Waals surface area (Å²) in [6.45, 7) is 0.841. The first-order chi connectivity index (χ1) is 10.3. The van der Waals surface area contributed by atoms with Crippen molar-refractivity contribution in [3.63, 3.8) is 0 Å². The quantitative estimate of drug-likeness (QED) is 0.781. The van der Waals surface area contributed by atoms with Crippen LogP contribution in [0.5, 0.6) is 0 Å². The molecule has 0 saturated carbocycles. The van der Waals surface area contributed by atoms with Crippen molar-refractivity contribution in [2.24, 2.45) is 0 Å². The van der Waals surface area contributed by atoms with Gasteiger partial charge in [0.2, 0.25) is 5.82 Å². The van der Waals surface area contributed by atoms with Gasteiger partial charge in [-0.1, -0.05) is 0 Å². The fourth-order valence-corrected chi connectivity index (χ4v) is 2.95. The molecule has 0 radical (unpaired) electrons. The molecule has 120 valence electrons. The van der Waals surface area contributed by atoms with Gasteiger partial charge in [-0.25, -0.2) is 9.18 Å². The molecule has 1 aromatic heterocycles. The van der Waals surface area contributed by atoms with Crippen molar-refractivity contribution in [3.05, 3.63) is 32.9 Å². The van der Waals surface area contributed by atoms with Crippen LogP contribution in [0.2, 0.25) is 0 Å². The van der Waals surface area contributed by atoms with Gasteiger partial charge in [-0.15, -0.1) is 4.52 Å². The molecule has 3 heterocycles. The summed E-state index contributed by atoms with van der Waals surface area (Å²) in [5.41, 5.74) is -3.64. The number of nitrogens with one attached hydrogen (secondary N) is 1. The molecule has 22 heavy (non-hydrogen) atoms. The van der Waals surface area contributed by atoms with E-state index in [0.717, 1.165) is 4.57 Å². The molecule has 0 aliphatic carbocycles. The summed E-state index contributed by atoms with van der Waals surface area (Å²) in [6.07, 6.45) is -3.41. The van der Waals surface area contributed by atoms with E-state index in [1.54, 1.807) is 4.98 Å². The van der Waals surface area contributed by atoms with E-state index >= 15 is 0 Å². The van der Waals surface area contributed by atoms with E-state index in [0.29, 0.717) is 6.20 Å². The normalized spacial score (nSPS) is 34.1. The van der Waals surface area contributed by atoms with E-state index in [9.17, 15) is 22.9 Å². The van der Waals surface area contributed by atoms with Gasteiger partial charge in [0.25, 0.3) is 5.56 Å². The Morgan fingerprint density at radius 1 is 1.59 bits per heavy atom. The molecule has 1 aromatic rings. The van der Waals surface area contributed by atoms with Gasteiger partial charge in [-0.05, 0) is 4.57 Å². The maximum Gasteiger partial charge on any atom is 0.504 e. The van der Waals surface area contributed by atoms with E-state index in [-0.39, 0.29) is 13.2 Å². The maximum atomic E-state index is 14.4. The van der Waals surface area contributed by atoms with Crippen molar-refractivity contribution >= 4 is 8.03 Å². The van der Waals surface area contributed by atoms with Crippen molar-refractivity contribution in [1.82, 2.24) is 9.55 Å². The van der Waals surface area contributed by atoms with Crippen LogP contribution in [0, 0.1) is 5.82 Å². The standard InChI is InChI=1S/C11H11F2N2O6P/c1-22(18)20-4-11-3-19-6(7(11)13)9(21-11)15-2-5(12)8(16)14-10(15)17/h2,6-7,9H,3-4H2,1H3/p+1/t6-,7+,9-,11-/m1/s1. The number of nitrogens with zero attached hydrogens (tertiary/aromatic N) is 1. The number of hydrogen-bond donors (Lipinski definition) is 1. The highest BCUT2D eigenvalue weighted by atomic mass is 31.1. The number of aromatic amines is 1. The van der Waals surface area contributed by atoms with Gasteiger partial charge >= 0.3 is 13.7 Å². The third-order valence-corrected chi connectivity index (χ3v) is 4.13. The summed E-state index contributed by atoms with van der Waals surface area (Å²) in [6, 6.07) is 0. The Morgan fingerprint density at radius 2 is 2.32 bits per heavy atom. The molecule has 2 aliphatic rings. The van der Waals surface area contributed by atoms with Crippen molar-refractivity contribution in [2.45, 2.75) is 24.1 Å². The SMILES string of the molecule is C[P+](=O)OC[C@@]12CO[C@@H]([C@H](n3cc(F)c(=O)[nH]c3=O)O1)[C@@H]2F.